The van der Waals surface area contributed by atoms with Gasteiger partial charge in [0.25, 0.3) is 11.8 Å². The average molecular weight is 441 g/mol. The summed E-state index contributed by atoms with van der Waals surface area (Å²) >= 11 is 0. The Labute approximate surface area is 186 Å². The number of rotatable bonds is 6. The summed E-state index contributed by atoms with van der Waals surface area (Å²) in [6.07, 6.45) is 0. The molecule has 2 heterocycles. The molecule has 32 heavy (non-hydrogen) atoms. The summed E-state index contributed by atoms with van der Waals surface area (Å²) in [5.74, 6) is 0.585. The number of carbonyl (C=O) groups excluding carboxylic acids is 2. The van der Waals surface area contributed by atoms with E-state index in [1.165, 1.54) is 0 Å². The van der Waals surface area contributed by atoms with Crippen molar-refractivity contribution in [3.63, 3.8) is 0 Å². The van der Waals surface area contributed by atoms with E-state index < -0.39 is 0 Å². The lowest BCUT2D eigenvalue weighted by atomic mass is 10.1. The Morgan fingerprint density at radius 2 is 1.69 bits per heavy atom. The molecule has 0 bridgehead atoms. The number of morpholine rings is 1. The van der Waals surface area contributed by atoms with Crippen molar-refractivity contribution >= 4 is 23.2 Å². The minimum absolute atomic E-state index is 0.108. The Morgan fingerprint density at radius 1 is 1.00 bits per heavy atom. The highest BCUT2D eigenvalue weighted by atomic mass is 16.7. The van der Waals surface area contributed by atoms with Gasteiger partial charge in [0.2, 0.25) is 6.79 Å². The van der Waals surface area contributed by atoms with Crippen LogP contribution in [0.4, 0.5) is 11.4 Å². The number of benzene rings is 2. The molecule has 2 aliphatic heterocycles. The summed E-state index contributed by atoms with van der Waals surface area (Å²) in [7, 11) is 0. The van der Waals surface area contributed by atoms with Crippen LogP contribution in [0.25, 0.3) is 0 Å². The number of hydrogen-bond donors (Lipinski definition) is 3. The zero-order valence-electron chi connectivity index (χ0n) is 18.2. The Bertz CT molecular complexity index is 1000. The van der Waals surface area contributed by atoms with Gasteiger partial charge in [0, 0.05) is 36.3 Å². The van der Waals surface area contributed by atoms with Gasteiger partial charge in [0.1, 0.15) is 0 Å². The number of ether oxygens (including phenoxy) is 3. The van der Waals surface area contributed by atoms with Crippen LogP contribution in [-0.4, -0.2) is 57.0 Å². The van der Waals surface area contributed by atoms with Crippen LogP contribution >= 0.6 is 0 Å². The molecule has 2 aromatic carbocycles. The van der Waals surface area contributed by atoms with E-state index in [2.05, 4.69) is 29.4 Å². The fourth-order valence-electron chi connectivity index (χ4n) is 4.00. The first-order chi connectivity index (χ1) is 15.5. The smallest absolute Gasteiger partial charge is 0.255 e. The Balaban J connectivity index is 1.66. The zero-order valence-corrected chi connectivity index (χ0v) is 18.2. The molecular formula is C23H28N4O5. The lowest BCUT2D eigenvalue weighted by Crippen LogP contribution is -2.50. The molecule has 0 spiro atoms. The van der Waals surface area contributed by atoms with Crippen LogP contribution in [0.3, 0.4) is 0 Å². The SMILES string of the molecule is CC1COCC(C)N1c1ccc(C(=O)NCCN)cc1NC(=O)c1ccc2c(c1)OCO2. The molecule has 9 heteroatoms. The first kappa shape index (κ1) is 21.9. The lowest BCUT2D eigenvalue weighted by Gasteiger charge is -2.41. The predicted octanol–water partition coefficient (Wildman–Crippen LogP) is 1.97. The molecular weight excluding hydrogens is 412 g/mol. The van der Waals surface area contributed by atoms with Gasteiger partial charge in [-0.25, -0.2) is 0 Å². The minimum atomic E-state index is -0.308. The highest BCUT2D eigenvalue weighted by molar-refractivity contribution is 6.07. The Morgan fingerprint density at radius 3 is 2.44 bits per heavy atom. The molecule has 2 aromatic rings. The molecule has 0 radical (unpaired) electrons. The third kappa shape index (κ3) is 4.49. The van der Waals surface area contributed by atoms with Crippen molar-refractivity contribution in [1.29, 1.82) is 0 Å². The van der Waals surface area contributed by atoms with E-state index in [0.717, 1.165) is 5.69 Å². The lowest BCUT2D eigenvalue weighted by molar-refractivity contribution is 0.0757. The third-order valence-electron chi connectivity index (χ3n) is 5.52. The van der Waals surface area contributed by atoms with Crippen molar-refractivity contribution in [2.75, 3.05) is 43.3 Å². The maximum absolute atomic E-state index is 13.1. The van der Waals surface area contributed by atoms with Gasteiger partial charge in [-0.2, -0.15) is 0 Å². The molecule has 2 amide bonds. The van der Waals surface area contributed by atoms with Crippen molar-refractivity contribution in [2.45, 2.75) is 25.9 Å². The molecule has 2 aliphatic rings. The van der Waals surface area contributed by atoms with E-state index in [-0.39, 0.29) is 30.7 Å². The first-order valence-electron chi connectivity index (χ1n) is 10.7. The van der Waals surface area contributed by atoms with Gasteiger partial charge >= 0.3 is 0 Å². The summed E-state index contributed by atoms with van der Waals surface area (Å²) in [4.78, 5) is 27.8. The molecule has 1 saturated heterocycles. The van der Waals surface area contributed by atoms with Crippen molar-refractivity contribution in [3.05, 3.63) is 47.5 Å². The number of carbonyl (C=O) groups is 2. The highest BCUT2D eigenvalue weighted by Gasteiger charge is 2.28. The molecule has 1 fully saturated rings. The largest absolute Gasteiger partial charge is 0.454 e. The normalized spacial score (nSPS) is 19.5. The number of nitrogens with two attached hydrogens (primary N) is 1. The van der Waals surface area contributed by atoms with Crippen LogP contribution in [0.1, 0.15) is 34.6 Å². The van der Waals surface area contributed by atoms with Crippen LogP contribution in [0.5, 0.6) is 11.5 Å². The van der Waals surface area contributed by atoms with Gasteiger partial charge in [-0.15, -0.1) is 0 Å². The number of fused-ring (bicyclic) bond motifs is 1. The second kappa shape index (κ2) is 9.46. The summed E-state index contributed by atoms with van der Waals surface area (Å²) in [5.41, 5.74) is 7.75. The van der Waals surface area contributed by atoms with Crippen molar-refractivity contribution in [2.24, 2.45) is 5.73 Å². The van der Waals surface area contributed by atoms with Gasteiger partial charge in [0.05, 0.1) is 24.6 Å². The number of anilines is 2. The van der Waals surface area contributed by atoms with Crippen molar-refractivity contribution in [1.82, 2.24) is 5.32 Å². The number of nitrogens with zero attached hydrogens (tertiary/aromatic N) is 1. The minimum Gasteiger partial charge on any atom is -0.454 e. The maximum atomic E-state index is 13.1. The molecule has 0 aromatic heterocycles. The Kier molecular flexibility index (Phi) is 6.48. The van der Waals surface area contributed by atoms with E-state index in [9.17, 15) is 9.59 Å². The number of amides is 2. The zero-order chi connectivity index (χ0) is 22.7. The van der Waals surface area contributed by atoms with E-state index in [1.807, 2.05) is 6.07 Å². The van der Waals surface area contributed by atoms with E-state index in [4.69, 9.17) is 19.9 Å². The van der Waals surface area contributed by atoms with Crippen LogP contribution < -0.4 is 30.7 Å². The molecule has 2 atom stereocenters. The fourth-order valence-corrected chi connectivity index (χ4v) is 4.00. The van der Waals surface area contributed by atoms with Gasteiger partial charge in [-0.05, 0) is 50.2 Å². The molecule has 170 valence electrons. The second-order valence-electron chi connectivity index (χ2n) is 7.94. The van der Waals surface area contributed by atoms with Gasteiger partial charge in [-0.1, -0.05) is 0 Å². The van der Waals surface area contributed by atoms with Crippen LogP contribution in [-0.2, 0) is 4.74 Å². The van der Waals surface area contributed by atoms with Gasteiger partial charge in [-0.3, -0.25) is 9.59 Å². The standard InChI is InChI=1S/C23H28N4O5/c1-14-11-30-12-15(2)27(14)19-5-3-16(22(28)25-8-7-24)9-18(19)26-23(29)17-4-6-20-21(10-17)32-13-31-20/h3-6,9-10,14-15H,7-8,11-13,24H2,1-2H3,(H,25,28)(H,26,29). The number of hydrogen-bond acceptors (Lipinski definition) is 7. The average Bonchev–Trinajstić information content (AvgIpc) is 3.26. The summed E-state index contributed by atoms with van der Waals surface area (Å²) in [5, 5.41) is 5.75. The van der Waals surface area contributed by atoms with Crippen molar-refractivity contribution in [3.8, 4) is 11.5 Å². The summed E-state index contributed by atoms with van der Waals surface area (Å²) in [6, 6.07) is 10.6. The van der Waals surface area contributed by atoms with Crippen molar-refractivity contribution < 1.29 is 23.8 Å². The second-order valence-corrected chi connectivity index (χ2v) is 7.94. The first-order valence-corrected chi connectivity index (χ1v) is 10.7. The summed E-state index contributed by atoms with van der Waals surface area (Å²) < 4.78 is 16.4. The van der Waals surface area contributed by atoms with E-state index in [0.29, 0.717) is 54.6 Å². The molecule has 4 N–H and O–H groups in total. The molecule has 0 saturated carbocycles. The summed E-state index contributed by atoms with van der Waals surface area (Å²) in [6.45, 7) is 6.16. The molecule has 0 aliphatic carbocycles. The van der Waals surface area contributed by atoms with Crippen LogP contribution in [0.2, 0.25) is 0 Å². The number of nitrogens with one attached hydrogen (secondary N) is 2. The van der Waals surface area contributed by atoms with E-state index >= 15 is 0 Å². The Hall–Kier alpha value is -3.30. The fraction of sp³-hybridized carbons (Fsp3) is 0.391. The molecule has 4 rings (SSSR count). The predicted molar refractivity (Wildman–Crippen MR) is 121 cm³/mol. The quantitative estimate of drug-likeness (QED) is 0.629. The maximum Gasteiger partial charge on any atom is 0.255 e. The van der Waals surface area contributed by atoms with Crippen LogP contribution in [0, 0.1) is 0 Å². The van der Waals surface area contributed by atoms with Gasteiger partial charge in [0.15, 0.2) is 11.5 Å². The molecule has 2 unspecified atom stereocenters. The van der Waals surface area contributed by atoms with E-state index in [1.54, 1.807) is 30.3 Å². The monoisotopic (exact) mass is 440 g/mol. The third-order valence-corrected chi connectivity index (χ3v) is 5.52. The highest BCUT2D eigenvalue weighted by Crippen LogP contribution is 2.35. The van der Waals surface area contributed by atoms with Gasteiger partial charge < -0.3 is 35.5 Å². The topological polar surface area (TPSA) is 115 Å². The molecule has 9 nitrogen and oxygen atoms in total. The van der Waals surface area contributed by atoms with Crippen LogP contribution in [0.15, 0.2) is 36.4 Å².